The number of alkyl halides is 3. The Kier molecular flexibility index (Phi) is 9.75. The minimum Gasteiger partial charge on any atom is -0.309 e. The molecule has 4 aromatic heterocycles. The summed E-state index contributed by atoms with van der Waals surface area (Å²) in [6.07, 6.45) is -4.77. The molecule has 366 valence electrons. The first-order valence-electron chi connectivity index (χ1n) is 25.6. The Balaban J connectivity index is 1.09. The fourth-order valence-corrected chi connectivity index (χ4v) is 12.5. The van der Waals surface area contributed by atoms with Crippen molar-refractivity contribution >= 4 is 87.2 Å². The first-order valence-corrected chi connectivity index (χ1v) is 25.6. The second kappa shape index (κ2) is 17.0. The molecule has 78 heavy (non-hydrogen) atoms. The van der Waals surface area contributed by atoms with Gasteiger partial charge in [0, 0.05) is 65.6 Å². The van der Waals surface area contributed by atoms with Crippen molar-refractivity contribution in [3.8, 4) is 57.1 Å². The molecule has 0 radical (unpaired) electrons. The third-order valence-corrected chi connectivity index (χ3v) is 15.6. The normalized spacial score (nSPS) is 12.0. The van der Waals surface area contributed by atoms with Gasteiger partial charge in [-0.15, -0.1) is 0 Å². The van der Waals surface area contributed by atoms with Crippen LogP contribution in [0.15, 0.2) is 237 Å². The molecule has 9 heteroatoms. The maximum absolute atomic E-state index is 15.3. The zero-order chi connectivity index (χ0) is 52.4. The lowest BCUT2D eigenvalue weighted by atomic mass is 9.92. The van der Waals surface area contributed by atoms with Crippen LogP contribution in [0.2, 0.25) is 0 Å². The highest BCUT2D eigenvalue weighted by molar-refractivity contribution is 6.28. The number of aromatic nitrogens is 4. The van der Waals surface area contributed by atoms with Crippen LogP contribution in [-0.2, 0) is 6.18 Å². The quantitative estimate of drug-likeness (QED) is 0.167. The second-order valence-corrected chi connectivity index (χ2v) is 19.7. The Morgan fingerprint density at radius 3 is 1.26 bits per heavy atom. The molecule has 11 aromatic carbocycles. The molecule has 0 unspecified atom stereocenters. The van der Waals surface area contributed by atoms with Crippen LogP contribution in [0.25, 0.3) is 132 Å². The Morgan fingerprint density at radius 1 is 0.321 bits per heavy atom. The van der Waals surface area contributed by atoms with Gasteiger partial charge in [0.15, 0.2) is 0 Å². The largest absolute Gasteiger partial charge is 0.417 e. The molecule has 0 saturated carbocycles. The van der Waals surface area contributed by atoms with E-state index in [0.717, 1.165) is 105 Å². The van der Waals surface area contributed by atoms with Gasteiger partial charge < -0.3 is 18.3 Å². The third-order valence-electron chi connectivity index (χ3n) is 15.6. The number of rotatable bonds is 6. The van der Waals surface area contributed by atoms with Crippen LogP contribution in [-0.4, -0.2) is 18.3 Å². The standard InChI is InChI=1S/C69H39F3N6/c70-69(71,72)56-37-42(40-73)27-30-47(56)44-29-34-61(77-59-25-13-9-21-53(59)65-62(77)35-32-51-48-19-7-11-23-57(48)75(67(51)65)45-15-3-1-4-16-45)55(39-44)50-31-28-43(41-74)38-64(50)78-60-26-14-10-22-54(60)66-63(78)36-33-52-49-20-8-12-24-58(49)76(68(52)66)46-17-5-2-6-18-46/h1-39H. The molecule has 0 bridgehead atoms. The van der Waals surface area contributed by atoms with E-state index in [4.69, 9.17) is 0 Å². The van der Waals surface area contributed by atoms with E-state index < -0.39 is 11.7 Å². The summed E-state index contributed by atoms with van der Waals surface area (Å²) in [5.74, 6) is 0. The summed E-state index contributed by atoms with van der Waals surface area (Å²) in [5, 5.41) is 29.0. The van der Waals surface area contributed by atoms with Crippen molar-refractivity contribution in [3.05, 3.63) is 253 Å². The third kappa shape index (κ3) is 6.49. The van der Waals surface area contributed by atoms with Crippen LogP contribution in [0.5, 0.6) is 0 Å². The summed E-state index contributed by atoms with van der Waals surface area (Å²) in [5.41, 5.74) is 12.1. The van der Waals surface area contributed by atoms with Crippen LogP contribution in [0.4, 0.5) is 13.2 Å². The molecule has 6 nitrogen and oxygen atoms in total. The molecule has 0 aliphatic heterocycles. The van der Waals surface area contributed by atoms with E-state index in [1.54, 1.807) is 12.1 Å². The van der Waals surface area contributed by atoms with Gasteiger partial charge in [0.05, 0.1) is 84.3 Å². The highest BCUT2D eigenvalue weighted by Crippen LogP contribution is 2.48. The van der Waals surface area contributed by atoms with Crippen LogP contribution in [0.3, 0.4) is 0 Å². The average molecular weight is 1010 g/mol. The maximum Gasteiger partial charge on any atom is 0.417 e. The van der Waals surface area contributed by atoms with Gasteiger partial charge in [-0.05, 0) is 108 Å². The average Bonchev–Trinajstić information content (AvgIpc) is 4.34. The fraction of sp³-hybridized carbons (Fsp3) is 0.0145. The highest BCUT2D eigenvalue weighted by atomic mass is 19.4. The SMILES string of the molecule is N#Cc1ccc(-c2cc(-c3ccc(C#N)cc3C(F)(F)F)ccc2-n2c3ccccc3c3c2ccc2c4ccccc4n(-c4ccccc4)c23)c(-n2c3ccccc3c3c2ccc2c4ccccc4n(-c4ccccc4)c23)c1. The smallest absolute Gasteiger partial charge is 0.309 e. The number of nitrogens with zero attached hydrogens (tertiary/aromatic N) is 6. The second-order valence-electron chi connectivity index (χ2n) is 19.7. The number of nitriles is 2. The topological polar surface area (TPSA) is 67.3 Å². The van der Waals surface area contributed by atoms with Crippen LogP contribution in [0, 0.1) is 22.7 Å². The molecule has 0 spiro atoms. The van der Waals surface area contributed by atoms with Gasteiger partial charge in [-0.3, -0.25) is 0 Å². The summed E-state index contributed by atoms with van der Waals surface area (Å²) in [7, 11) is 0. The van der Waals surface area contributed by atoms with Gasteiger partial charge in [-0.2, -0.15) is 23.7 Å². The monoisotopic (exact) mass is 1010 g/mol. The Hall–Kier alpha value is -10.6. The first-order chi connectivity index (χ1) is 38.3. The van der Waals surface area contributed by atoms with Crippen molar-refractivity contribution in [1.29, 1.82) is 10.5 Å². The summed E-state index contributed by atoms with van der Waals surface area (Å²) >= 11 is 0. The lowest BCUT2D eigenvalue weighted by Crippen LogP contribution is -2.08. The van der Waals surface area contributed by atoms with Crippen LogP contribution >= 0.6 is 0 Å². The van der Waals surface area contributed by atoms with Crippen molar-refractivity contribution in [1.82, 2.24) is 18.3 Å². The van der Waals surface area contributed by atoms with Crippen molar-refractivity contribution in [2.24, 2.45) is 0 Å². The summed E-state index contributed by atoms with van der Waals surface area (Å²) in [6.45, 7) is 0. The lowest BCUT2D eigenvalue weighted by Gasteiger charge is -2.21. The minimum atomic E-state index is -4.77. The molecule has 0 saturated heterocycles. The number of para-hydroxylation sites is 6. The predicted octanol–water partition coefficient (Wildman–Crippen LogP) is 18.2. The highest BCUT2D eigenvalue weighted by Gasteiger charge is 2.35. The Morgan fingerprint density at radius 2 is 0.756 bits per heavy atom. The summed E-state index contributed by atoms with van der Waals surface area (Å²) in [6, 6.07) is 82.0. The Labute approximate surface area is 443 Å². The minimum absolute atomic E-state index is 0.0613. The molecule has 15 aromatic rings. The van der Waals surface area contributed by atoms with Crippen LogP contribution < -0.4 is 0 Å². The number of benzene rings is 11. The zero-order valence-corrected chi connectivity index (χ0v) is 41.3. The lowest BCUT2D eigenvalue weighted by molar-refractivity contribution is -0.137. The molecule has 0 atom stereocenters. The fourth-order valence-electron chi connectivity index (χ4n) is 12.5. The van der Waals surface area contributed by atoms with Gasteiger partial charge in [-0.25, -0.2) is 0 Å². The molecule has 0 N–H and O–H groups in total. The van der Waals surface area contributed by atoms with E-state index in [-0.39, 0.29) is 11.1 Å². The van der Waals surface area contributed by atoms with Gasteiger partial charge in [0.2, 0.25) is 0 Å². The van der Waals surface area contributed by atoms with Crippen molar-refractivity contribution in [3.63, 3.8) is 0 Å². The zero-order valence-electron chi connectivity index (χ0n) is 41.3. The van der Waals surface area contributed by atoms with E-state index >= 15 is 13.2 Å². The number of hydrogen-bond acceptors (Lipinski definition) is 2. The van der Waals surface area contributed by atoms with Crippen molar-refractivity contribution in [2.45, 2.75) is 6.18 Å². The molecule has 15 rings (SSSR count). The number of fused-ring (bicyclic) bond motifs is 14. The summed E-state index contributed by atoms with van der Waals surface area (Å²) < 4.78 is 54.9. The molecule has 0 fully saturated rings. The molecule has 0 amide bonds. The van der Waals surface area contributed by atoms with Gasteiger partial charge in [-0.1, -0.05) is 140 Å². The maximum atomic E-state index is 15.3. The molecule has 0 aliphatic rings. The Bertz CT molecular complexity index is 5100. The van der Waals surface area contributed by atoms with Crippen molar-refractivity contribution in [2.75, 3.05) is 0 Å². The van der Waals surface area contributed by atoms with E-state index in [1.807, 2.05) is 91.0 Å². The van der Waals surface area contributed by atoms with Gasteiger partial charge >= 0.3 is 6.18 Å². The molecular weight excluding hydrogens is 970 g/mol. The van der Waals surface area contributed by atoms with Gasteiger partial charge in [0.25, 0.3) is 0 Å². The number of halogens is 3. The van der Waals surface area contributed by atoms with Crippen LogP contribution in [0.1, 0.15) is 16.7 Å². The van der Waals surface area contributed by atoms with E-state index in [2.05, 4.69) is 146 Å². The first kappa shape index (κ1) is 44.8. The van der Waals surface area contributed by atoms with E-state index in [1.165, 1.54) is 12.1 Å². The van der Waals surface area contributed by atoms with E-state index in [9.17, 15) is 10.5 Å². The molecule has 0 aliphatic carbocycles. The summed E-state index contributed by atoms with van der Waals surface area (Å²) in [4.78, 5) is 0. The number of hydrogen-bond donors (Lipinski definition) is 0. The van der Waals surface area contributed by atoms with E-state index in [0.29, 0.717) is 33.6 Å². The van der Waals surface area contributed by atoms with Gasteiger partial charge in [0.1, 0.15) is 0 Å². The molecule has 4 heterocycles. The molecular formula is C69H39F3N6. The van der Waals surface area contributed by atoms with Crippen molar-refractivity contribution < 1.29 is 13.2 Å². The predicted molar refractivity (Wildman–Crippen MR) is 309 cm³/mol.